The van der Waals surface area contributed by atoms with Crippen molar-refractivity contribution >= 4 is 34.2 Å². The number of amides is 1. The number of aromatic amines is 1. The smallest absolute Gasteiger partial charge is 0.269 e. The standard InChI is InChI=1S/C27H24FN7O/c28-20-4-2-1-3-18(20)27(14-29)17-9-10-35(13-19(17)27)22-12-30-25-24(33-34-26(25)32-22)16-6-5-15-7-8-23(36)31-21(15)11-16/h1-8,11-12,15,17,19H,9-10,13-14,29H2,(H,32,33,34)/t15?,17-,19+,27-/m1/s1. The number of halogens is 1. The van der Waals surface area contributed by atoms with Crippen molar-refractivity contribution in [1.82, 2.24) is 20.2 Å². The van der Waals surface area contributed by atoms with Crippen molar-refractivity contribution in [2.24, 2.45) is 28.5 Å². The van der Waals surface area contributed by atoms with Crippen LogP contribution in [0.25, 0.3) is 16.7 Å². The fourth-order valence-corrected chi connectivity index (χ4v) is 6.36. The Balaban J connectivity index is 1.16. The lowest BCUT2D eigenvalue weighted by atomic mass is 9.91. The molecule has 180 valence electrons. The highest BCUT2D eigenvalue weighted by Gasteiger charge is 2.66. The molecular formula is C27H24FN7O. The summed E-state index contributed by atoms with van der Waals surface area (Å²) in [6.07, 6.45) is 11.9. The van der Waals surface area contributed by atoms with Crippen LogP contribution >= 0.6 is 0 Å². The second kappa shape index (κ2) is 7.76. The molecule has 2 aliphatic carbocycles. The monoisotopic (exact) mass is 481 g/mol. The molecule has 0 spiro atoms. The molecule has 1 aromatic carbocycles. The van der Waals surface area contributed by atoms with Crippen LogP contribution in [0.2, 0.25) is 0 Å². The van der Waals surface area contributed by atoms with E-state index in [9.17, 15) is 9.18 Å². The van der Waals surface area contributed by atoms with Crippen LogP contribution in [0, 0.1) is 23.6 Å². The van der Waals surface area contributed by atoms with Gasteiger partial charge in [0.2, 0.25) is 5.65 Å². The minimum Gasteiger partial charge on any atom is -0.355 e. The predicted octanol–water partition coefficient (Wildman–Crippen LogP) is 2.95. The first kappa shape index (κ1) is 21.3. The van der Waals surface area contributed by atoms with E-state index in [1.165, 1.54) is 12.1 Å². The van der Waals surface area contributed by atoms with Crippen LogP contribution in [-0.4, -0.2) is 51.4 Å². The van der Waals surface area contributed by atoms with Gasteiger partial charge < -0.3 is 10.6 Å². The Hall–Kier alpha value is -3.98. The Morgan fingerprint density at radius 2 is 2.06 bits per heavy atom. The maximum Gasteiger partial charge on any atom is 0.269 e. The molecular weight excluding hydrogens is 457 g/mol. The van der Waals surface area contributed by atoms with E-state index in [0.29, 0.717) is 29.3 Å². The van der Waals surface area contributed by atoms with E-state index in [1.54, 1.807) is 12.3 Å². The van der Waals surface area contributed by atoms with Gasteiger partial charge >= 0.3 is 0 Å². The number of hydrogen-bond donors (Lipinski definition) is 2. The number of fused-ring (bicyclic) bond motifs is 3. The average Bonchev–Trinajstić information content (AvgIpc) is 3.36. The van der Waals surface area contributed by atoms with Gasteiger partial charge in [-0.1, -0.05) is 36.4 Å². The number of aromatic nitrogens is 4. The minimum absolute atomic E-state index is 0.00803. The molecule has 2 aromatic heterocycles. The Bertz CT molecular complexity index is 1540. The Kier molecular flexibility index (Phi) is 4.59. The highest BCUT2D eigenvalue weighted by atomic mass is 19.1. The third-order valence-electron chi connectivity index (χ3n) is 8.22. The van der Waals surface area contributed by atoms with E-state index in [4.69, 9.17) is 15.7 Å². The number of carbonyl (C=O) groups excluding carboxylic acids is 1. The number of allylic oxidation sites excluding steroid dienone is 5. The van der Waals surface area contributed by atoms with Crippen LogP contribution in [0.1, 0.15) is 17.7 Å². The summed E-state index contributed by atoms with van der Waals surface area (Å²) in [5.74, 6) is 0.992. The lowest BCUT2D eigenvalue weighted by Gasteiger charge is -2.26. The van der Waals surface area contributed by atoms with Gasteiger partial charge in [0.15, 0.2) is 0 Å². The average molecular weight is 482 g/mol. The van der Waals surface area contributed by atoms with Crippen molar-refractivity contribution in [2.45, 2.75) is 11.8 Å². The highest BCUT2D eigenvalue weighted by molar-refractivity contribution is 6.15. The van der Waals surface area contributed by atoms with Crippen molar-refractivity contribution in [3.63, 3.8) is 0 Å². The molecule has 3 N–H and O–H groups in total. The zero-order chi connectivity index (χ0) is 24.4. The van der Waals surface area contributed by atoms with Gasteiger partial charge in [-0.15, -0.1) is 0 Å². The van der Waals surface area contributed by atoms with E-state index >= 15 is 0 Å². The second-order valence-electron chi connectivity index (χ2n) is 9.89. The first-order chi connectivity index (χ1) is 17.6. The number of hydrogen-bond acceptors (Lipinski definition) is 6. The fourth-order valence-electron chi connectivity index (χ4n) is 6.36. The molecule has 4 heterocycles. The van der Waals surface area contributed by atoms with E-state index in [-0.39, 0.29) is 29.0 Å². The SMILES string of the molecule is NC[C@]1(c2ccccc2F)[C@@H]2CCN(c3cnc4c(C5=CC6=NC(=O)C=CC6C=C5)[nH]nc4n3)C[C@@H]21. The summed E-state index contributed by atoms with van der Waals surface area (Å²) in [5.41, 5.74) is 10.2. The number of dihydropyridines is 1. The van der Waals surface area contributed by atoms with Gasteiger partial charge in [0.25, 0.3) is 5.91 Å². The minimum atomic E-state index is -0.312. The number of rotatable bonds is 4. The van der Waals surface area contributed by atoms with Crippen LogP contribution in [0.3, 0.4) is 0 Å². The van der Waals surface area contributed by atoms with Gasteiger partial charge in [-0.2, -0.15) is 5.10 Å². The summed E-state index contributed by atoms with van der Waals surface area (Å²) in [6.45, 7) is 2.00. The molecule has 1 saturated carbocycles. The molecule has 3 aromatic rings. The summed E-state index contributed by atoms with van der Waals surface area (Å²) in [6, 6.07) is 7.01. The van der Waals surface area contributed by atoms with Crippen LogP contribution < -0.4 is 10.6 Å². The first-order valence-electron chi connectivity index (χ1n) is 12.2. The molecule has 2 fully saturated rings. The Labute approximate surface area is 206 Å². The molecule has 7 rings (SSSR count). The highest BCUT2D eigenvalue weighted by Crippen LogP contribution is 2.63. The number of nitrogens with one attached hydrogen (secondary N) is 1. The normalized spacial score (nSPS) is 28.6. The molecule has 8 nitrogen and oxygen atoms in total. The predicted molar refractivity (Wildman–Crippen MR) is 135 cm³/mol. The van der Waals surface area contributed by atoms with Gasteiger partial charge in [-0.25, -0.2) is 19.4 Å². The quantitative estimate of drug-likeness (QED) is 0.593. The summed E-state index contributed by atoms with van der Waals surface area (Å²) < 4.78 is 14.7. The van der Waals surface area contributed by atoms with Crippen LogP contribution in [0.15, 0.2) is 65.8 Å². The molecule has 2 aliphatic heterocycles. The van der Waals surface area contributed by atoms with Gasteiger partial charge in [0.1, 0.15) is 17.2 Å². The third kappa shape index (κ3) is 3.05. The number of nitrogens with zero attached hydrogens (tertiary/aromatic N) is 5. The van der Waals surface area contributed by atoms with Gasteiger partial charge in [-0.05, 0) is 36.0 Å². The topological polar surface area (TPSA) is 113 Å². The zero-order valence-electron chi connectivity index (χ0n) is 19.4. The van der Waals surface area contributed by atoms with Crippen molar-refractivity contribution in [3.05, 3.63) is 77.9 Å². The van der Waals surface area contributed by atoms with E-state index in [2.05, 4.69) is 20.1 Å². The molecule has 1 saturated heterocycles. The molecule has 1 amide bonds. The first-order valence-corrected chi connectivity index (χ1v) is 12.2. The fraction of sp³-hybridized carbons (Fsp3) is 0.296. The molecule has 4 aliphatic rings. The van der Waals surface area contributed by atoms with E-state index in [1.807, 2.05) is 36.4 Å². The molecule has 4 atom stereocenters. The van der Waals surface area contributed by atoms with E-state index < -0.39 is 0 Å². The molecule has 1 unspecified atom stereocenters. The van der Waals surface area contributed by atoms with Crippen LogP contribution in [0.5, 0.6) is 0 Å². The van der Waals surface area contributed by atoms with Crippen molar-refractivity contribution < 1.29 is 9.18 Å². The number of anilines is 1. The molecule has 9 heteroatoms. The Morgan fingerprint density at radius 3 is 2.92 bits per heavy atom. The van der Waals surface area contributed by atoms with Gasteiger partial charge in [0, 0.05) is 42.6 Å². The molecule has 0 radical (unpaired) electrons. The third-order valence-corrected chi connectivity index (χ3v) is 8.22. The number of carbonyl (C=O) groups is 1. The van der Waals surface area contributed by atoms with E-state index in [0.717, 1.165) is 42.2 Å². The van der Waals surface area contributed by atoms with Crippen LogP contribution in [-0.2, 0) is 10.2 Å². The number of H-pyrrole nitrogens is 1. The lowest BCUT2D eigenvalue weighted by molar-refractivity contribution is -0.113. The Morgan fingerprint density at radius 1 is 1.19 bits per heavy atom. The van der Waals surface area contributed by atoms with Crippen molar-refractivity contribution in [3.8, 4) is 0 Å². The second-order valence-corrected chi connectivity index (χ2v) is 9.89. The maximum atomic E-state index is 14.7. The molecule has 36 heavy (non-hydrogen) atoms. The zero-order valence-corrected chi connectivity index (χ0v) is 19.4. The van der Waals surface area contributed by atoms with Crippen molar-refractivity contribution in [1.29, 1.82) is 0 Å². The lowest BCUT2D eigenvalue weighted by Crippen LogP contribution is -2.32. The number of benzene rings is 1. The number of nitrogens with two attached hydrogens (primary N) is 1. The number of aliphatic imine (C=N–C) groups is 1. The van der Waals surface area contributed by atoms with Gasteiger partial charge in [0.05, 0.1) is 17.6 Å². The van der Waals surface area contributed by atoms with Crippen molar-refractivity contribution in [2.75, 3.05) is 24.5 Å². The molecule has 0 bridgehead atoms. The largest absolute Gasteiger partial charge is 0.355 e. The van der Waals surface area contributed by atoms with Crippen LogP contribution in [0.4, 0.5) is 10.2 Å². The summed E-state index contributed by atoms with van der Waals surface area (Å²) in [4.78, 5) is 27.5. The maximum absolute atomic E-state index is 14.7. The summed E-state index contributed by atoms with van der Waals surface area (Å²) >= 11 is 0. The summed E-state index contributed by atoms with van der Waals surface area (Å²) in [5, 5.41) is 7.47. The number of piperidine rings is 1. The summed E-state index contributed by atoms with van der Waals surface area (Å²) in [7, 11) is 0. The van der Waals surface area contributed by atoms with Gasteiger partial charge in [-0.3, -0.25) is 9.89 Å².